The molecule has 2 aliphatic heterocycles. The normalized spacial score (nSPS) is 22.5. The van der Waals surface area contributed by atoms with E-state index in [-0.39, 0.29) is 17.4 Å². The summed E-state index contributed by atoms with van der Waals surface area (Å²) in [5.41, 5.74) is 3.32. The molecule has 9 nitrogen and oxygen atoms in total. The van der Waals surface area contributed by atoms with Gasteiger partial charge in [0.1, 0.15) is 5.75 Å². The third kappa shape index (κ3) is 3.59. The van der Waals surface area contributed by atoms with Crippen LogP contribution in [0.5, 0.6) is 5.75 Å². The van der Waals surface area contributed by atoms with Gasteiger partial charge < -0.3 is 19.7 Å². The number of hydrogen-bond donors (Lipinski definition) is 2. The molecule has 4 aromatic rings. The Balaban J connectivity index is 1.31. The number of pyridine rings is 1. The lowest BCUT2D eigenvalue weighted by Gasteiger charge is -2.40. The standard InChI is InChI=1S/C24H24N6O3/c1-29-5-4-15(8-23(29)32)14-2-3-20(22(31)7-14)21-6-16-11-25-30(24(16)28-27-21)19-9-17-12-33-13-18(10-19)26-17/h2-8,11,17-19,26,31H,9-10,12-13H2,1H3/t17-,18?,19?/m1/s1. The summed E-state index contributed by atoms with van der Waals surface area (Å²) in [7, 11) is 1.70. The van der Waals surface area contributed by atoms with Gasteiger partial charge >= 0.3 is 0 Å². The van der Waals surface area contributed by atoms with E-state index in [4.69, 9.17) is 4.74 Å². The Labute approximate surface area is 189 Å². The molecule has 2 unspecified atom stereocenters. The molecule has 2 fully saturated rings. The van der Waals surface area contributed by atoms with Crippen LogP contribution in [0, 0.1) is 0 Å². The summed E-state index contributed by atoms with van der Waals surface area (Å²) in [6, 6.07) is 11.6. The van der Waals surface area contributed by atoms with Crippen LogP contribution in [0.15, 0.2) is 53.6 Å². The number of piperidine rings is 1. The third-order valence-corrected chi connectivity index (χ3v) is 6.62. The number of nitrogens with zero attached hydrogens (tertiary/aromatic N) is 5. The van der Waals surface area contributed by atoms with Gasteiger partial charge in [-0.25, -0.2) is 4.68 Å². The second-order valence-corrected chi connectivity index (χ2v) is 8.92. The second-order valence-electron chi connectivity index (χ2n) is 8.92. The van der Waals surface area contributed by atoms with E-state index >= 15 is 0 Å². The largest absolute Gasteiger partial charge is 0.507 e. The number of phenols is 1. The Morgan fingerprint density at radius 2 is 1.85 bits per heavy atom. The van der Waals surface area contributed by atoms with Crippen molar-refractivity contribution in [2.24, 2.45) is 7.05 Å². The number of ether oxygens (including phenoxy) is 1. The van der Waals surface area contributed by atoms with Crippen LogP contribution < -0.4 is 10.9 Å². The van der Waals surface area contributed by atoms with E-state index in [1.165, 1.54) is 4.57 Å². The molecule has 3 atom stereocenters. The summed E-state index contributed by atoms with van der Waals surface area (Å²) >= 11 is 0. The molecule has 0 spiro atoms. The fourth-order valence-corrected chi connectivity index (χ4v) is 4.91. The van der Waals surface area contributed by atoms with Crippen LogP contribution in [0.4, 0.5) is 0 Å². The molecule has 9 heteroatoms. The van der Waals surface area contributed by atoms with Gasteiger partial charge in [-0.2, -0.15) is 5.10 Å². The van der Waals surface area contributed by atoms with Crippen LogP contribution in [-0.4, -0.2) is 54.9 Å². The maximum absolute atomic E-state index is 11.9. The van der Waals surface area contributed by atoms with E-state index in [1.807, 2.05) is 29.1 Å². The van der Waals surface area contributed by atoms with Crippen LogP contribution >= 0.6 is 0 Å². The van der Waals surface area contributed by atoms with Gasteiger partial charge in [0.2, 0.25) is 0 Å². The van der Waals surface area contributed by atoms with Gasteiger partial charge in [0.15, 0.2) is 5.65 Å². The first-order valence-corrected chi connectivity index (χ1v) is 11.1. The summed E-state index contributed by atoms with van der Waals surface area (Å²) in [5, 5.41) is 28.7. The number of aryl methyl sites for hydroxylation is 1. The highest BCUT2D eigenvalue weighted by Gasteiger charge is 2.33. The van der Waals surface area contributed by atoms with Crippen molar-refractivity contribution >= 4 is 11.0 Å². The van der Waals surface area contributed by atoms with Crippen molar-refractivity contribution in [1.29, 1.82) is 0 Å². The maximum atomic E-state index is 11.9. The van der Waals surface area contributed by atoms with E-state index in [9.17, 15) is 9.90 Å². The molecule has 33 heavy (non-hydrogen) atoms. The lowest BCUT2D eigenvalue weighted by molar-refractivity contribution is 0.00905. The number of aromatic nitrogens is 5. The number of fused-ring (bicyclic) bond motifs is 3. The van der Waals surface area contributed by atoms with Crippen molar-refractivity contribution < 1.29 is 9.84 Å². The number of rotatable bonds is 3. The van der Waals surface area contributed by atoms with Crippen molar-refractivity contribution in [3.63, 3.8) is 0 Å². The molecule has 0 radical (unpaired) electrons. The molecule has 2 aliphatic rings. The minimum atomic E-state index is -0.103. The zero-order valence-electron chi connectivity index (χ0n) is 18.2. The highest BCUT2D eigenvalue weighted by atomic mass is 16.5. The zero-order chi connectivity index (χ0) is 22.5. The predicted octanol–water partition coefficient (Wildman–Crippen LogP) is 2.26. The van der Waals surface area contributed by atoms with Crippen molar-refractivity contribution in [1.82, 2.24) is 29.9 Å². The van der Waals surface area contributed by atoms with Crippen molar-refractivity contribution in [3.8, 4) is 28.1 Å². The lowest BCUT2D eigenvalue weighted by atomic mass is 9.93. The van der Waals surface area contributed by atoms with Gasteiger partial charge in [-0.05, 0) is 48.2 Å². The highest BCUT2D eigenvalue weighted by Crippen LogP contribution is 2.34. The van der Waals surface area contributed by atoms with Gasteiger partial charge in [-0.15, -0.1) is 10.2 Å². The lowest BCUT2D eigenvalue weighted by Crippen LogP contribution is -2.54. The van der Waals surface area contributed by atoms with E-state index in [0.717, 1.165) is 48.2 Å². The topological polar surface area (TPSA) is 107 Å². The Morgan fingerprint density at radius 3 is 2.61 bits per heavy atom. The predicted molar refractivity (Wildman–Crippen MR) is 123 cm³/mol. The van der Waals surface area contributed by atoms with E-state index in [2.05, 4.69) is 20.6 Å². The molecule has 2 bridgehead atoms. The molecule has 2 saturated heterocycles. The number of nitrogens with one attached hydrogen (secondary N) is 1. The summed E-state index contributed by atoms with van der Waals surface area (Å²) in [6.07, 6.45) is 5.42. The van der Waals surface area contributed by atoms with Crippen LogP contribution in [0.25, 0.3) is 33.4 Å². The molecule has 168 valence electrons. The zero-order valence-corrected chi connectivity index (χ0v) is 18.2. The first-order chi connectivity index (χ1) is 16.0. The fraction of sp³-hybridized carbons (Fsp3) is 0.333. The summed E-state index contributed by atoms with van der Waals surface area (Å²) in [4.78, 5) is 11.9. The van der Waals surface area contributed by atoms with Crippen LogP contribution in [0.1, 0.15) is 18.9 Å². The Morgan fingerprint density at radius 1 is 1.06 bits per heavy atom. The SMILES string of the molecule is Cn1ccc(-c2ccc(-c3cc4cnn(C5CC6COC[C@@H](C5)N6)c4nn3)c(O)c2)cc1=O. The van der Waals surface area contributed by atoms with Crippen LogP contribution in [0.2, 0.25) is 0 Å². The summed E-state index contributed by atoms with van der Waals surface area (Å²) in [5.74, 6) is 0.0837. The van der Waals surface area contributed by atoms with E-state index in [0.29, 0.717) is 23.3 Å². The Bertz CT molecular complexity index is 1400. The Hall–Kier alpha value is -3.56. The molecular formula is C24H24N6O3. The smallest absolute Gasteiger partial charge is 0.250 e. The first kappa shape index (κ1) is 20.1. The monoisotopic (exact) mass is 444 g/mol. The minimum Gasteiger partial charge on any atom is -0.507 e. The first-order valence-electron chi connectivity index (χ1n) is 11.1. The third-order valence-electron chi connectivity index (χ3n) is 6.62. The highest BCUT2D eigenvalue weighted by molar-refractivity contribution is 5.81. The van der Waals surface area contributed by atoms with Crippen molar-refractivity contribution in [2.45, 2.75) is 31.0 Å². The van der Waals surface area contributed by atoms with Crippen molar-refractivity contribution in [3.05, 3.63) is 59.1 Å². The number of benzene rings is 1. The van der Waals surface area contributed by atoms with Gasteiger partial charge in [0.05, 0.1) is 31.1 Å². The quantitative estimate of drug-likeness (QED) is 0.499. The maximum Gasteiger partial charge on any atom is 0.250 e. The minimum absolute atomic E-state index is 0.0837. The van der Waals surface area contributed by atoms with Crippen LogP contribution in [0.3, 0.4) is 0 Å². The summed E-state index contributed by atoms with van der Waals surface area (Å²) in [6.45, 7) is 1.46. The Kier molecular flexibility index (Phi) is 4.74. The number of morpholine rings is 1. The number of hydrogen-bond acceptors (Lipinski definition) is 7. The molecule has 0 aliphatic carbocycles. The van der Waals surface area contributed by atoms with Gasteiger partial charge in [0, 0.05) is 42.3 Å². The molecule has 2 N–H and O–H groups in total. The number of phenolic OH excluding ortho intramolecular Hbond substituents is 1. The molecule has 0 amide bonds. The molecular weight excluding hydrogens is 420 g/mol. The second kappa shape index (κ2) is 7.79. The molecule has 0 saturated carbocycles. The fourth-order valence-electron chi connectivity index (χ4n) is 4.91. The summed E-state index contributed by atoms with van der Waals surface area (Å²) < 4.78 is 9.14. The van der Waals surface area contributed by atoms with E-state index in [1.54, 1.807) is 31.4 Å². The van der Waals surface area contributed by atoms with Gasteiger partial charge in [-0.1, -0.05) is 6.07 Å². The molecule has 3 aromatic heterocycles. The van der Waals surface area contributed by atoms with Crippen LogP contribution in [-0.2, 0) is 11.8 Å². The van der Waals surface area contributed by atoms with Gasteiger partial charge in [0.25, 0.3) is 5.56 Å². The molecule has 1 aromatic carbocycles. The molecule has 5 heterocycles. The van der Waals surface area contributed by atoms with E-state index < -0.39 is 0 Å². The number of aromatic hydroxyl groups is 1. The van der Waals surface area contributed by atoms with Gasteiger partial charge in [-0.3, -0.25) is 4.79 Å². The average Bonchev–Trinajstić information content (AvgIpc) is 3.24. The van der Waals surface area contributed by atoms with Crippen molar-refractivity contribution in [2.75, 3.05) is 13.2 Å². The average molecular weight is 444 g/mol. The molecule has 6 rings (SSSR count).